The molecule has 0 amide bonds. The average molecular weight is 200 g/mol. The SMILES string of the molecule is CC(C)C(=O)CSc1nnnn1C. The lowest BCUT2D eigenvalue weighted by atomic mass is 10.1. The molecule has 0 saturated heterocycles. The molecule has 0 saturated carbocycles. The van der Waals surface area contributed by atoms with E-state index in [0.29, 0.717) is 10.9 Å². The maximum absolute atomic E-state index is 11.3. The highest BCUT2D eigenvalue weighted by Gasteiger charge is 2.10. The second kappa shape index (κ2) is 4.36. The number of rotatable bonds is 4. The molecule has 1 heterocycles. The zero-order chi connectivity index (χ0) is 9.84. The summed E-state index contributed by atoms with van der Waals surface area (Å²) in [5.74, 6) is 0.730. The predicted molar refractivity (Wildman–Crippen MR) is 49.4 cm³/mol. The van der Waals surface area contributed by atoms with Gasteiger partial charge in [0.25, 0.3) is 0 Å². The van der Waals surface area contributed by atoms with Gasteiger partial charge in [-0.25, -0.2) is 4.68 Å². The van der Waals surface area contributed by atoms with Gasteiger partial charge in [0.1, 0.15) is 5.78 Å². The summed E-state index contributed by atoms with van der Waals surface area (Å²) in [6, 6.07) is 0. The average Bonchev–Trinajstić information content (AvgIpc) is 2.47. The molecule has 0 spiro atoms. The van der Waals surface area contributed by atoms with Crippen molar-refractivity contribution in [2.24, 2.45) is 13.0 Å². The Morgan fingerprint density at radius 3 is 2.77 bits per heavy atom. The predicted octanol–water partition coefficient (Wildman–Crippen LogP) is 0.527. The Balaban J connectivity index is 2.44. The molecule has 0 aliphatic heterocycles. The first kappa shape index (κ1) is 10.2. The van der Waals surface area contributed by atoms with Crippen molar-refractivity contribution >= 4 is 17.5 Å². The molecule has 0 unspecified atom stereocenters. The van der Waals surface area contributed by atoms with Gasteiger partial charge in [0.05, 0.1) is 5.75 Å². The third-order valence-electron chi connectivity index (χ3n) is 1.57. The van der Waals surface area contributed by atoms with Gasteiger partial charge >= 0.3 is 0 Å². The highest BCUT2D eigenvalue weighted by atomic mass is 32.2. The number of ketones is 1. The second-order valence-corrected chi connectivity index (χ2v) is 3.94. The Labute approximate surface area is 80.9 Å². The first-order valence-corrected chi connectivity index (χ1v) is 4.97. The molecule has 0 aromatic carbocycles. The summed E-state index contributed by atoms with van der Waals surface area (Å²) in [5.41, 5.74) is 0. The van der Waals surface area contributed by atoms with Crippen molar-refractivity contribution < 1.29 is 4.79 Å². The summed E-state index contributed by atoms with van der Waals surface area (Å²) in [6.45, 7) is 3.77. The number of nitrogens with zero attached hydrogens (tertiary/aromatic N) is 4. The zero-order valence-corrected chi connectivity index (χ0v) is 8.71. The minimum Gasteiger partial charge on any atom is -0.298 e. The van der Waals surface area contributed by atoms with Crippen molar-refractivity contribution in [3.8, 4) is 0 Å². The van der Waals surface area contributed by atoms with Gasteiger partial charge in [-0.3, -0.25) is 4.79 Å². The maximum Gasteiger partial charge on any atom is 0.209 e. The van der Waals surface area contributed by atoms with Crippen LogP contribution in [0.5, 0.6) is 0 Å². The topological polar surface area (TPSA) is 60.7 Å². The van der Waals surface area contributed by atoms with Crippen molar-refractivity contribution in [2.45, 2.75) is 19.0 Å². The molecule has 0 bridgehead atoms. The number of aryl methyl sites for hydroxylation is 1. The van der Waals surface area contributed by atoms with Crippen LogP contribution in [-0.2, 0) is 11.8 Å². The zero-order valence-electron chi connectivity index (χ0n) is 7.89. The standard InChI is InChI=1S/C7H12N4OS/c1-5(2)6(12)4-13-7-8-9-10-11(7)3/h5H,4H2,1-3H3. The quantitative estimate of drug-likeness (QED) is 0.663. The van der Waals surface area contributed by atoms with E-state index < -0.39 is 0 Å². The van der Waals surface area contributed by atoms with Gasteiger partial charge in [-0.1, -0.05) is 25.6 Å². The van der Waals surface area contributed by atoms with E-state index in [1.807, 2.05) is 13.8 Å². The van der Waals surface area contributed by atoms with Crippen molar-refractivity contribution in [1.82, 2.24) is 20.2 Å². The molecule has 6 heteroatoms. The van der Waals surface area contributed by atoms with E-state index in [4.69, 9.17) is 0 Å². The van der Waals surface area contributed by atoms with Gasteiger partial charge < -0.3 is 0 Å². The fraction of sp³-hybridized carbons (Fsp3) is 0.714. The van der Waals surface area contributed by atoms with Crippen molar-refractivity contribution in [2.75, 3.05) is 5.75 Å². The van der Waals surface area contributed by atoms with Crippen LogP contribution in [0.4, 0.5) is 0 Å². The Bertz CT molecular complexity index is 296. The summed E-state index contributed by atoms with van der Waals surface area (Å²) in [4.78, 5) is 11.3. The monoisotopic (exact) mass is 200 g/mol. The summed E-state index contributed by atoms with van der Waals surface area (Å²) < 4.78 is 1.55. The second-order valence-electron chi connectivity index (χ2n) is 2.99. The Morgan fingerprint density at radius 2 is 2.31 bits per heavy atom. The van der Waals surface area contributed by atoms with Gasteiger partial charge in [-0.15, -0.1) is 5.10 Å². The van der Waals surface area contributed by atoms with Crippen LogP contribution in [0.3, 0.4) is 0 Å². The molecule has 13 heavy (non-hydrogen) atoms. The third kappa shape index (κ3) is 2.80. The number of thioether (sulfide) groups is 1. The molecule has 1 aromatic heterocycles. The molecule has 0 atom stereocenters. The third-order valence-corrected chi connectivity index (χ3v) is 2.60. The van der Waals surface area contributed by atoms with Crippen molar-refractivity contribution in [1.29, 1.82) is 0 Å². The van der Waals surface area contributed by atoms with E-state index in [9.17, 15) is 4.79 Å². The number of aromatic nitrogens is 4. The van der Waals surface area contributed by atoms with Crippen LogP contribution in [0.25, 0.3) is 0 Å². The minimum absolute atomic E-state index is 0.0775. The number of hydrogen-bond donors (Lipinski definition) is 0. The van der Waals surface area contributed by atoms with Crippen LogP contribution in [0.15, 0.2) is 5.16 Å². The number of carbonyl (C=O) groups is 1. The fourth-order valence-electron chi connectivity index (χ4n) is 0.646. The van der Waals surface area contributed by atoms with E-state index in [1.165, 1.54) is 11.8 Å². The Kier molecular flexibility index (Phi) is 3.41. The fourth-order valence-corrected chi connectivity index (χ4v) is 1.57. The lowest BCUT2D eigenvalue weighted by molar-refractivity contribution is -0.119. The van der Waals surface area contributed by atoms with Crippen LogP contribution in [0.1, 0.15) is 13.8 Å². The molecule has 1 rings (SSSR count). The summed E-state index contributed by atoms with van der Waals surface area (Å²) in [5, 5.41) is 11.6. The highest BCUT2D eigenvalue weighted by molar-refractivity contribution is 7.99. The number of carbonyl (C=O) groups excluding carboxylic acids is 1. The first-order valence-electron chi connectivity index (χ1n) is 3.99. The van der Waals surface area contributed by atoms with Crippen LogP contribution in [-0.4, -0.2) is 31.7 Å². The van der Waals surface area contributed by atoms with Crippen LogP contribution in [0.2, 0.25) is 0 Å². The van der Waals surface area contributed by atoms with E-state index in [0.717, 1.165) is 0 Å². The first-order chi connectivity index (χ1) is 6.11. The number of tetrazole rings is 1. The molecule has 0 radical (unpaired) electrons. The van der Waals surface area contributed by atoms with E-state index in [-0.39, 0.29) is 11.7 Å². The van der Waals surface area contributed by atoms with Crippen LogP contribution in [0, 0.1) is 5.92 Å². The molecule has 0 aliphatic carbocycles. The Hall–Kier alpha value is -0.910. The lowest BCUT2D eigenvalue weighted by Crippen LogP contribution is -2.10. The molecule has 0 fully saturated rings. The largest absolute Gasteiger partial charge is 0.298 e. The van der Waals surface area contributed by atoms with Crippen LogP contribution >= 0.6 is 11.8 Å². The maximum atomic E-state index is 11.3. The van der Waals surface area contributed by atoms with Gasteiger partial charge in [-0.05, 0) is 10.4 Å². The summed E-state index contributed by atoms with van der Waals surface area (Å²) in [6.07, 6.45) is 0. The van der Waals surface area contributed by atoms with Crippen molar-refractivity contribution in [3.63, 3.8) is 0 Å². The van der Waals surface area contributed by atoms with Gasteiger partial charge in [0, 0.05) is 13.0 Å². The van der Waals surface area contributed by atoms with Crippen molar-refractivity contribution in [3.05, 3.63) is 0 Å². The van der Waals surface area contributed by atoms with E-state index in [1.54, 1.807) is 11.7 Å². The van der Waals surface area contributed by atoms with Gasteiger partial charge in [0.15, 0.2) is 0 Å². The molecule has 0 N–H and O–H groups in total. The van der Waals surface area contributed by atoms with Gasteiger partial charge in [-0.2, -0.15) is 0 Å². The number of hydrogen-bond acceptors (Lipinski definition) is 5. The molecule has 1 aromatic rings. The van der Waals surface area contributed by atoms with Crippen LogP contribution < -0.4 is 0 Å². The molecular weight excluding hydrogens is 188 g/mol. The molecule has 5 nitrogen and oxygen atoms in total. The lowest BCUT2D eigenvalue weighted by Gasteiger charge is -2.01. The smallest absolute Gasteiger partial charge is 0.209 e. The molecule has 72 valence electrons. The molecular formula is C7H12N4OS. The Morgan fingerprint density at radius 1 is 1.62 bits per heavy atom. The van der Waals surface area contributed by atoms with E-state index in [2.05, 4.69) is 15.5 Å². The highest BCUT2D eigenvalue weighted by Crippen LogP contribution is 2.13. The van der Waals surface area contributed by atoms with Gasteiger partial charge in [0.2, 0.25) is 5.16 Å². The molecule has 0 aliphatic rings. The summed E-state index contributed by atoms with van der Waals surface area (Å²) in [7, 11) is 1.75. The minimum atomic E-state index is 0.0775. The summed E-state index contributed by atoms with van der Waals surface area (Å²) >= 11 is 1.37. The van der Waals surface area contributed by atoms with E-state index >= 15 is 0 Å². The number of Topliss-reactive ketones (excluding diaryl/α,β-unsaturated/α-hetero) is 1. The normalized spacial score (nSPS) is 10.8.